The minimum absolute atomic E-state index is 0.130. The lowest BCUT2D eigenvalue weighted by Crippen LogP contribution is -2.08. The molecule has 72 valence electrons. The average molecular weight is 191 g/mol. The molecule has 0 unspecified atom stereocenters. The molecule has 0 saturated heterocycles. The first-order valence-electron chi connectivity index (χ1n) is 4.09. The lowest BCUT2D eigenvalue weighted by Gasteiger charge is -1.92. The van der Waals surface area contributed by atoms with Crippen LogP contribution in [-0.2, 0) is 11.3 Å². The summed E-state index contributed by atoms with van der Waals surface area (Å²) in [6.45, 7) is -0.130. The number of hydrogen-bond donors (Lipinski definition) is 2. The molecule has 2 rings (SSSR count). The van der Waals surface area contributed by atoms with Gasteiger partial charge in [0.2, 0.25) is 0 Å². The van der Waals surface area contributed by atoms with Crippen molar-refractivity contribution < 1.29 is 9.90 Å². The van der Waals surface area contributed by atoms with Crippen molar-refractivity contribution >= 4 is 22.6 Å². The van der Waals surface area contributed by atoms with E-state index < -0.39 is 5.97 Å². The molecule has 0 fully saturated rings. The van der Waals surface area contributed by atoms with Gasteiger partial charge in [0.1, 0.15) is 6.54 Å². The topological polar surface area (TPSA) is 81.1 Å². The Balaban J connectivity index is 2.46. The lowest BCUT2D eigenvalue weighted by atomic mass is 10.2. The van der Waals surface area contributed by atoms with Gasteiger partial charge in [-0.05, 0) is 18.2 Å². The van der Waals surface area contributed by atoms with Crippen LogP contribution in [0.1, 0.15) is 0 Å². The lowest BCUT2D eigenvalue weighted by molar-refractivity contribution is -0.137. The Morgan fingerprint density at radius 3 is 3.07 bits per heavy atom. The van der Waals surface area contributed by atoms with Gasteiger partial charge < -0.3 is 10.8 Å². The molecule has 2 aromatic rings. The molecule has 1 heterocycles. The number of aliphatic carboxylic acids is 1. The monoisotopic (exact) mass is 191 g/mol. The highest BCUT2D eigenvalue weighted by Gasteiger charge is 2.03. The molecule has 0 amide bonds. The fourth-order valence-corrected chi connectivity index (χ4v) is 1.30. The molecule has 0 saturated carbocycles. The fraction of sp³-hybridized carbons (Fsp3) is 0.111. The van der Waals surface area contributed by atoms with Gasteiger partial charge in [-0.25, -0.2) is 0 Å². The van der Waals surface area contributed by atoms with Gasteiger partial charge in [-0.1, -0.05) is 0 Å². The van der Waals surface area contributed by atoms with Crippen LogP contribution in [0.4, 0.5) is 5.69 Å². The second-order valence-corrected chi connectivity index (χ2v) is 3.04. The first-order chi connectivity index (χ1) is 6.65. The molecule has 1 aromatic carbocycles. The quantitative estimate of drug-likeness (QED) is 0.685. The maximum atomic E-state index is 10.4. The number of nitrogens with two attached hydrogens (primary N) is 1. The summed E-state index contributed by atoms with van der Waals surface area (Å²) in [5.74, 6) is -0.911. The second-order valence-electron chi connectivity index (χ2n) is 3.04. The Morgan fingerprint density at radius 1 is 1.57 bits per heavy atom. The maximum Gasteiger partial charge on any atom is 0.325 e. The first-order valence-corrected chi connectivity index (χ1v) is 4.09. The van der Waals surface area contributed by atoms with E-state index in [1.807, 2.05) is 6.07 Å². The molecule has 0 aliphatic carbocycles. The zero-order valence-corrected chi connectivity index (χ0v) is 7.34. The molecule has 0 aliphatic heterocycles. The number of fused-ring (bicyclic) bond motifs is 1. The van der Waals surface area contributed by atoms with Crippen molar-refractivity contribution in [1.82, 2.24) is 9.78 Å². The number of hydrogen-bond acceptors (Lipinski definition) is 3. The van der Waals surface area contributed by atoms with Gasteiger partial charge in [-0.15, -0.1) is 0 Å². The number of rotatable bonds is 2. The van der Waals surface area contributed by atoms with Crippen molar-refractivity contribution in [3.63, 3.8) is 0 Å². The molecule has 1 aromatic heterocycles. The van der Waals surface area contributed by atoms with Crippen LogP contribution in [0.25, 0.3) is 10.9 Å². The van der Waals surface area contributed by atoms with Crippen LogP contribution >= 0.6 is 0 Å². The molecule has 0 aliphatic rings. The number of nitrogen functional groups attached to an aromatic ring is 1. The number of benzene rings is 1. The van der Waals surface area contributed by atoms with E-state index in [0.29, 0.717) is 11.2 Å². The normalized spacial score (nSPS) is 10.6. The van der Waals surface area contributed by atoms with Crippen molar-refractivity contribution in [2.45, 2.75) is 6.54 Å². The third-order valence-electron chi connectivity index (χ3n) is 1.88. The van der Waals surface area contributed by atoms with Crippen LogP contribution in [0.15, 0.2) is 24.4 Å². The van der Waals surface area contributed by atoms with Crippen LogP contribution in [-0.4, -0.2) is 20.9 Å². The summed E-state index contributed by atoms with van der Waals surface area (Å²) in [6, 6.07) is 5.29. The average Bonchev–Trinajstić information content (AvgIpc) is 2.44. The summed E-state index contributed by atoms with van der Waals surface area (Å²) in [5.41, 5.74) is 6.91. The van der Waals surface area contributed by atoms with Crippen LogP contribution in [0.2, 0.25) is 0 Å². The number of anilines is 1. The molecule has 0 atom stereocenters. The molecule has 14 heavy (non-hydrogen) atoms. The Morgan fingerprint density at radius 2 is 2.36 bits per heavy atom. The van der Waals surface area contributed by atoms with Gasteiger partial charge in [0.25, 0.3) is 0 Å². The molecule has 3 N–H and O–H groups in total. The molecular formula is C9H9N3O2. The van der Waals surface area contributed by atoms with Gasteiger partial charge in [-0.3, -0.25) is 9.48 Å². The highest BCUT2D eigenvalue weighted by Crippen LogP contribution is 2.15. The highest BCUT2D eigenvalue weighted by atomic mass is 16.4. The smallest absolute Gasteiger partial charge is 0.325 e. The Bertz CT molecular complexity index is 490. The second kappa shape index (κ2) is 3.02. The summed E-state index contributed by atoms with van der Waals surface area (Å²) in [6.07, 6.45) is 1.68. The number of aromatic nitrogens is 2. The zero-order chi connectivity index (χ0) is 10.1. The van der Waals surface area contributed by atoms with E-state index in [-0.39, 0.29) is 6.54 Å². The molecule has 0 spiro atoms. The molecule has 0 radical (unpaired) electrons. The van der Waals surface area contributed by atoms with E-state index in [9.17, 15) is 4.79 Å². The van der Waals surface area contributed by atoms with Crippen molar-refractivity contribution in [2.24, 2.45) is 0 Å². The predicted octanol–water partition coefficient (Wildman–Crippen LogP) is 0.703. The van der Waals surface area contributed by atoms with Crippen LogP contribution in [0.3, 0.4) is 0 Å². The van der Waals surface area contributed by atoms with Crippen LogP contribution in [0, 0.1) is 0 Å². The standard InChI is InChI=1S/C9H9N3O2/c10-7-2-1-6-4-12(5-9(13)14)11-8(6)3-7/h1-4H,5,10H2,(H,13,14). The van der Waals surface area contributed by atoms with E-state index in [1.165, 1.54) is 4.68 Å². The van der Waals surface area contributed by atoms with Crippen molar-refractivity contribution in [1.29, 1.82) is 0 Å². The number of nitrogens with zero attached hydrogens (tertiary/aromatic N) is 2. The molecule has 5 heteroatoms. The molecular weight excluding hydrogens is 182 g/mol. The fourth-order valence-electron chi connectivity index (χ4n) is 1.30. The molecule has 5 nitrogen and oxygen atoms in total. The van der Waals surface area contributed by atoms with E-state index >= 15 is 0 Å². The predicted molar refractivity (Wildman–Crippen MR) is 51.8 cm³/mol. The third-order valence-corrected chi connectivity index (χ3v) is 1.88. The van der Waals surface area contributed by atoms with Gasteiger partial charge in [0.15, 0.2) is 0 Å². The van der Waals surface area contributed by atoms with E-state index in [0.717, 1.165) is 5.39 Å². The number of carboxylic acid groups (broad SMARTS) is 1. The van der Waals surface area contributed by atoms with Crippen LogP contribution in [0.5, 0.6) is 0 Å². The van der Waals surface area contributed by atoms with E-state index in [1.54, 1.807) is 18.3 Å². The van der Waals surface area contributed by atoms with Gasteiger partial charge >= 0.3 is 5.97 Å². The SMILES string of the molecule is Nc1ccc2cn(CC(=O)O)nc2c1. The summed E-state index contributed by atoms with van der Waals surface area (Å²) in [4.78, 5) is 10.4. The Labute approximate surface area is 79.7 Å². The zero-order valence-electron chi connectivity index (χ0n) is 7.34. The van der Waals surface area contributed by atoms with Crippen molar-refractivity contribution in [2.75, 3.05) is 5.73 Å². The number of carbonyl (C=O) groups is 1. The molecule has 0 bridgehead atoms. The highest BCUT2D eigenvalue weighted by molar-refractivity contribution is 5.81. The first kappa shape index (κ1) is 8.55. The summed E-state index contributed by atoms with van der Waals surface area (Å²) in [5, 5.41) is 13.5. The van der Waals surface area contributed by atoms with Gasteiger partial charge in [0.05, 0.1) is 5.52 Å². The van der Waals surface area contributed by atoms with Gasteiger partial charge in [0, 0.05) is 17.3 Å². The minimum Gasteiger partial charge on any atom is -0.480 e. The van der Waals surface area contributed by atoms with E-state index in [4.69, 9.17) is 10.8 Å². The van der Waals surface area contributed by atoms with Crippen molar-refractivity contribution in [3.8, 4) is 0 Å². The van der Waals surface area contributed by atoms with E-state index in [2.05, 4.69) is 5.10 Å². The summed E-state index contributed by atoms with van der Waals surface area (Å²) >= 11 is 0. The van der Waals surface area contributed by atoms with Crippen molar-refractivity contribution in [3.05, 3.63) is 24.4 Å². The largest absolute Gasteiger partial charge is 0.480 e. The Hall–Kier alpha value is -2.04. The Kier molecular flexibility index (Phi) is 1.85. The van der Waals surface area contributed by atoms with Crippen LogP contribution < -0.4 is 5.73 Å². The number of carboxylic acids is 1. The summed E-state index contributed by atoms with van der Waals surface area (Å²) in [7, 11) is 0. The van der Waals surface area contributed by atoms with Gasteiger partial charge in [-0.2, -0.15) is 5.10 Å². The third kappa shape index (κ3) is 1.52. The maximum absolute atomic E-state index is 10.4. The minimum atomic E-state index is -0.911. The summed E-state index contributed by atoms with van der Waals surface area (Å²) < 4.78 is 1.38.